The van der Waals surface area contributed by atoms with E-state index in [-0.39, 0.29) is 0 Å². The summed E-state index contributed by atoms with van der Waals surface area (Å²) in [5, 5.41) is 232. The van der Waals surface area contributed by atoms with E-state index in [1.54, 1.807) is 0 Å². The fourth-order valence-electron chi connectivity index (χ4n) is 10.7. The molecule has 38 nitrogen and oxygen atoms in total. The van der Waals surface area contributed by atoms with Crippen LogP contribution in [-0.4, -0.2) is 380 Å². The summed E-state index contributed by atoms with van der Waals surface area (Å²) in [5.74, 6) is -1.62. The lowest BCUT2D eigenvalue weighted by Gasteiger charge is -2.50. The van der Waals surface area contributed by atoms with E-state index < -0.39 is 273 Å². The van der Waals surface area contributed by atoms with Crippen molar-refractivity contribution in [1.82, 2.24) is 10.6 Å². The maximum Gasteiger partial charge on any atom is 0.217 e. The number of hydrogen-bond donors (Lipinski definition) is 23. The Balaban J connectivity index is 1.20. The minimum absolute atomic E-state index is 0.744. The molecule has 0 aliphatic carbocycles. The molecule has 7 aliphatic rings. The zero-order chi connectivity index (χ0) is 61.9. The molecule has 0 unspecified atom stereocenters. The van der Waals surface area contributed by atoms with Gasteiger partial charge in [-0.3, -0.25) is 9.59 Å². The lowest BCUT2D eigenvalue weighted by molar-refractivity contribution is -0.398. The molecule has 0 saturated carbocycles. The van der Waals surface area contributed by atoms with Gasteiger partial charge in [0.15, 0.2) is 44.0 Å². The topological polar surface area (TPSA) is 603 Å². The van der Waals surface area contributed by atoms with Crippen LogP contribution in [-0.2, 0) is 71.2 Å². The van der Waals surface area contributed by atoms with Gasteiger partial charge in [0.1, 0.15) is 171 Å². The van der Waals surface area contributed by atoms with Gasteiger partial charge < -0.3 is 179 Å². The highest BCUT2D eigenvalue weighted by Gasteiger charge is 2.59. The van der Waals surface area contributed by atoms with Gasteiger partial charge in [0.05, 0.1) is 46.2 Å². The fraction of sp³-hybridized carbons (Fsp3) is 0.957. The van der Waals surface area contributed by atoms with E-state index in [2.05, 4.69) is 10.6 Å². The van der Waals surface area contributed by atoms with Crippen molar-refractivity contribution in [1.29, 1.82) is 0 Å². The maximum absolute atomic E-state index is 12.7. The average Bonchev–Trinajstić information content (AvgIpc) is 2.62. The monoisotopic (exact) mass is 1230 g/mol. The molecule has 0 radical (unpaired) electrons. The minimum atomic E-state index is -2.41. The predicted octanol–water partition coefficient (Wildman–Crippen LogP) is -16.0. The summed E-state index contributed by atoms with van der Waals surface area (Å²) in [6.07, 6.45) is -65.9. The molecule has 0 aromatic heterocycles. The van der Waals surface area contributed by atoms with Gasteiger partial charge in [0, 0.05) is 13.8 Å². The van der Waals surface area contributed by atoms with Crippen molar-refractivity contribution in [2.45, 2.75) is 229 Å². The Hall–Kier alpha value is -2.42. The fourth-order valence-corrected chi connectivity index (χ4v) is 10.7. The van der Waals surface area contributed by atoms with Gasteiger partial charge in [-0.15, -0.1) is 0 Å². The molecule has 7 fully saturated rings. The Kier molecular flexibility index (Phi) is 24.6. The van der Waals surface area contributed by atoms with E-state index in [1.807, 2.05) is 0 Å². The zero-order valence-electron chi connectivity index (χ0n) is 44.7. The number of amides is 2. The van der Waals surface area contributed by atoms with E-state index in [9.17, 15) is 117 Å². The van der Waals surface area contributed by atoms with Crippen molar-refractivity contribution in [3.05, 3.63) is 0 Å². The third-order valence-corrected chi connectivity index (χ3v) is 15.3. The molecule has 35 atom stereocenters. The van der Waals surface area contributed by atoms with Gasteiger partial charge in [0.25, 0.3) is 0 Å². The van der Waals surface area contributed by atoms with Crippen molar-refractivity contribution in [2.24, 2.45) is 0 Å². The first kappa shape index (κ1) is 69.1. The lowest BCUT2D eigenvalue weighted by atomic mass is 9.94. The smallest absolute Gasteiger partial charge is 0.217 e. The van der Waals surface area contributed by atoms with Crippen LogP contribution in [0.2, 0.25) is 0 Å². The van der Waals surface area contributed by atoms with Crippen LogP contribution in [0, 0.1) is 0 Å². The SMILES string of the molecule is CC(=O)N[C@@H]1[C@@H](O)[C@H](O[C@@H]2O[C@H](CO)[C@@H](O[C@@H]3O[C@H](CO[C@@H]4O[C@H](CO)[C@@H](O)[C@H](O[C@H]5O[C@H](CO)[C@@H](O)[C@H](O)[C@@H]5O)[C@@H]4O)[C@@H](O)[C@H](O[C@H]4O[C@H](CO)[C@@H](O)[C@H](O)[C@@H]4O[C@H]4O[C@H](CO)[C@@H](O)[C@H](O)[C@@H]4O)[C@@H]3O)[C@H](O)[C@H]2NC(C)=O)[C@@H](CO)O[C@H]1O. The number of ether oxygens (including phenoxy) is 13. The molecule has 0 aromatic rings. The Morgan fingerprint density at radius 3 is 1.14 bits per heavy atom. The minimum Gasteiger partial charge on any atom is -0.394 e. The summed E-state index contributed by atoms with van der Waals surface area (Å²) in [6, 6.07) is -3.40. The van der Waals surface area contributed by atoms with Crippen molar-refractivity contribution < 1.29 is 178 Å². The molecule has 2 amide bonds. The number of carbonyl (C=O) groups excluding carboxylic acids is 2. The van der Waals surface area contributed by atoms with Crippen molar-refractivity contribution in [2.75, 3.05) is 46.2 Å². The predicted molar refractivity (Wildman–Crippen MR) is 255 cm³/mol. The highest BCUT2D eigenvalue weighted by atomic mass is 16.8. The summed E-state index contributed by atoms with van der Waals surface area (Å²) in [5.41, 5.74) is 0. The summed E-state index contributed by atoms with van der Waals surface area (Å²) in [7, 11) is 0. The standard InChI is InChI=1S/C46H78N2O36/c1-10(55)47-19-26(62)35(16(7-53)73-40(19)71)80-41-20(48-11(2)56)27(63)36(17(8-54)78-41)81-45-34(70)38(83-46-39(30(66)23(59)14(5-51)77-46)84-44-32(68)29(65)22(58)13(4-50)76-44)25(61)18(79-45)9-72-42-33(69)37(24(60)15(6-52)74-42)82-43-31(67)28(64)21(57)12(3-49)75-43/h12-46,49-54,57-71H,3-9H2,1-2H3,(H,47,55)(H,48,56)/t12-,13-,14-,15-,16-,17-,18-,19-,20-,21-,22-,23-,24-,25-,26-,27-,28+,29+,30+,31+,32+,33+,34+,35-,36-,37+,38+,39+,40-,41+,42-,43-,44-,45+,46-/m1/s1. The molecule has 23 N–H and O–H groups in total. The molecule has 7 aliphatic heterocycles. The van der Waals surface area contributed by atoms with Crippen LogP contribution in [0.4, 0.5) is 0 Å². The van der Waals surface area contributed by atoms with Crippen LogP contribution in [0.1, 0.15) is 13.8 Å². The molecule has 7 rings (SSSR count). The number of aliphatic hydroxyl groups is 21. The molecular formula is C46H78N2O36. The number of aliphatic hydroxyl groups excluding tert-OH is 21. The van der Waals surface area contributed by atoms with Crippen molar-refractivity contribution >= 4 is 11.8 Å². The molecule has 7 saturated heterocycles. The Morgan fingerprint density at radius 1 is 0.310 bits per heavy atom. The first-order valence-electron chi connectivity index (χ1n) is 26.6. The summed E-state index contributed by atoms with van der Waals surface area (Å²) >= 11 is 0. The number of rotatable bonds is 21. The van der Waals surface area contributed by atoms with Gasteiger partial charge in [0.2, 0.25) is 11.8 Å². The van der Waals surface area contributed by atoms with Crippen LogP contribution in [0.25, 0.3) is 0 Å². The van der Waals surface area contributed by atoms with Crippen LogP contribution < -0.4 is 10.6 Å². The summed E-state index contributed by atoms with van der Waals surface area (Å²) in [4.78, 5) is 24.7. The van der Waals surface area contributed by atoms with Gasteiger partial charge >= 0.3 is 0 Å². The van der Waals surface area contributed by atoms with E-state index in [4.69, 9.17) is 61.6 Å². The Morgan fingerprint density at radius 2 is 0.643 bits per heavy atom. The second kappa shape index (κ2) is 29.9. The first-order chi connectivity index (χ1) is 39.7. The summed E-state index contributed by atoms with van der Waals surface area (Å²) < 4.78 is 74.6. The molecule has 0 bridgehead atoms. The van der Waals surface area contributed by atoms with Gasteiger partial charge in [-0.05, 0) is 0 Å². The second-order valence-corrected chi connectivity index (χ2v) is 21.1. The average molecular weight is 1240 g/mol. The largest absolute Gasteiger partial charge is 0.394 e. The van der Waals surface area contributed by atoms with E-state index in [0.29, 0.717) is 0 Å². The van der Waals surface area contributed by atoms with E-state index in [1.165, 1.54) is 0 Å². The number of nitrogens with one attached hydrogen (secondary N) is 2. The van der Waals surface area contributed by atoms with E-state index in [0.717, 1.165) is 13.8 Å². The molecule has 38 heteroatoms. The molecular weight excluding hydrogens is 1160 g/mol. The lowest BCUT2D eigenvalue weighted by Crippen LogP contribution is -2.70. The van der Waals surface area contributed by atoms with Crippen molar-refractivity contribution in [3.63, 3.8) is 0 Å². The Bertz CT molecular complexity index is 2060. The molecule has 0 spiro atoms. The normalized spacial score (nSPS) is 50.3. The van der Waals surface area contributed by atoms with Crippen LogP contribution >= 0.6 is 0 Å². The number of carbonyl (C=O) groups is 2. The molecule has 488 valence electrons. The highest BCUT2D eigenvalue weighted by molar-refractivity contribution is 5.73. The van der Waals surface area contributed by atoms with Gasteiger partial charge in [-0.2, -0.15) is 0 Å². The molecule has 84 heavy (non-hydrogen) atoms. The maximum atomic E-state index is 12.7. The molecule has 7 heterocycles. The second-order valence-electron chi connectivity index (χ2n) is 21.1. The van der Waals surface area contributed by atoms with Crippen LogP contribution in [0.15, 0.2) is 0 Å². The quantitative estimate of drug-likeness (QED) is 0.0507. The third kappa shape index (κ3) is 14.7. The zero-order valence-corrected chi connectivity index (χ0v) is 44.7. The third-order valence-electron chi connectivity index (χ3n) is 15.3. The van der Waals surface area contributed by atoms with Gasteiger partial charge in [-0.25, -0.2) is 0 Å². The Labute approximate surface area is 475 Å². The van der Waals surface area contributed by atoms with E-state index >= 15 is 0 Å². The molecule has 0 aromatic carbocycles. The highest BCUT2D eigenvalue weighted by Crippen LogP contribution is 2.38. The van der Waals surface area contributed by atoms with Crippen LogP contribution in [0.5, 0.6) is 0 Å². The number of hydrogen-bond acceptors (Lipinski definition) is 36. The summed E-state index contributed by atoms with van der Waals surface area (Å²) in [6.45, 7) is -5.04. The van der Waals surface area contributed by atoms with Crippen molar-refractivity contribution in [3.8, 4) is 0 Å². The first-order valence-corrected chi connectivity index (χ1v) is 26.6. The van der Waals surface area contributed by atoms with Crippen LogP contribution in [0.3, 0.4) is 0 Å². The van der Waals surface area contributed by atoms with Gasteiger partial charge in [-0.1, -0.05) is 0 Å².